The highest BCUT2D eigenvalue weighted by molar-refractivity contribution is 6.10. The quantitative estimate of drug-likeness (QED) is 0.321. The molecule has 0 heterocycles. The predicted molar refractivity (Wildman–Crippen MR) is 152 cm³/mol. The van der Waals surface area contributed by atoms with Crippen LogP contribution in [0.15, 0.2) is 84.9 Å². The maximum atomic E-state index is 13.7. The first-order valence-electron chi connectivity index (χ1n) is 13.4. The van der Waals surface area contributed by atoms with E-state index in [1.807, 2.05) is 12.1 Å². The summed E-state index contributed by atoms with van der Waals surface area (Å²) in [7, 11) is 0. The summed E-state index contributed by atoms with van der Waals surface area (Å²) in [6, 6.07) is 24.9. The lowest BCUT2D eigenvalue weighted by atomic mass is 9.61. The lowest BCUT2D eigenvalue weighted by Crippen LogP contribution is -2.56. The summed E-state index contributed by atoms with van der Waals surface area (Å²) in [5, 5.41) is 17.2. The van der Waals surface area contributed by atoms with Crippen LogP contribution in [0.5, 0.6) is 5.75 Å². The minimum atomic E-state index is -1.67. The van der Waals surface area contributed by atoms with Crippen LogP contribution < -0.4 is 15.4 Å². The Balaban J connectivity index is 1.71. The molecule has 2 amide bonds. The fourth-order valence-electron chi connectivity index (χ4n) is 5.17. The molecule has 0 bridgehead atoms. The largest absolute Gasteiger partial charge is 0.494 e. The predicted octanol–water partition coefficient (Wildman–Crippen LogP) is 5.43. The van der Waals surface area contributed by atoms with Crippen LogP contribution in [-0.4, -0.2) is 34.9 Å². The number of nitrogens with one attached hydrogen (secondary N) is 2. The summed E-state index contributed by atoms with van der Waals surface area (Å²) < 4.78 is 5.85. The minimum Gasteiger partial charge on any atom is -0.494 e. The third kappa shape index (κ3) is 6.92. The molecule has 3 aromatic rings. The van der Waals surface area contributed by atoms with Gasteiger partial charge in [-0.2, -0.15) is 0 Å². The molecule has 0 saturated heterocycles. The van der Waals surface area contributed by atoms with Crippen LogP contribution in [0.4, 0.5) is 11.4 Å². The second kappa shape index (κ2) is 12.3. The molecule has 4 unspecified atom stereocenters. The van der Waals surface area contributed by atoms with Crippen molar-refractivity contribution in [2.75, 3.05) is 17.2 Å². The van der Waals surface area contributed by atoms with E-state index in [1.165, 1.54) is 6.92 Å². The van der Waals surface area contributed by atoms with Gasteiger partial charge in [-0.1, -0.05) is 62.4 Å². The Labute approximate surface area is 229 Å². The molecule has 4 rings (SSSR count). The van der Waals surface area contributed by atoms with Crippen LogP contribution in [0.3, 0.4) is 0 Å². The SMILES string of the molecule is CC(C)CCOc1ccc(C2C(C(=O)Nc3ccccc3)C(=O)CC(C)(O)C2C(=O)Nc2ccccc2)cc1. The highest BCUT2D eigenvalue weighted by Crippen LogP contribution is 2.47. The van der Waals surface area contributed by atoms with Crippen LogP contribution in [0.25, 0.3) is 0 Å². The number of carbonyl (C=O) groups excluding carboxylic acids is 3. The maximum Gasteiger partial charge on any atom is 0.235 e. The molecule has 204 valence electrons. The van der Waals surface area contributed by atoms with Crippen molar-refractivity contribution in [2.24, 2.45) is 17.8 Å². The van der Waals surface area contributed by atoms with Crippen LogP contribution in [0, 0.1) is 17.8 Å². The van der Waals surface area contributed by atoms with Gasteiger partial charge in [0.05, 0.1) is 18.1 Å². The molecule has 1 aliphatic carbocycles. The number of rotatable bonds is 9. The highest BCUT2D eigenvalue weighted by atomic mass is 16.5. The molecule has 3 aromatic carbocycles. The molecule has 7 heteroatoms. The van der Waals surface area contributed by atoms with Crippen molar-refractivity contribution in [3.63, 3.8) is 0 Å². The zero-order valence-corrected chi connectivity index (χ0v) is 22.6. The van der Waals surface area contributed by atoms with Crippen molar-refractivity contribution >= 4 is 29.0 Å². The molecule has 7 nitrogen and oxygen atoms in total. The third-order valence-corrected chi connectivity index (χ3v) is 7.14. The number of para-hydroxylation sites is 2. The lowest BCUT2D eigenvalue weighted by Gasteiger charge is -2.44. The number of ether oxygens (including phenoxy) is 1. The van der Waals surface area contributed by atoms with E-state index >= 15 is 0 Å². The molecule has 1 fully saturated rings. The summed E-state index contributed by atoms with van der Waals surface area (Å²) in [5.41, 5.74) is 0.0380. The number of hydrogen-bond acceptors (Lipinski definition) is 5. The number of amides is 2. The Hall–Kier alpha value is -3.97. The Bertz CT molecular complexity index is 1270. The zero-order chi connectivity index (χ0) is 28.0. The monoisotopic (exact) mass is 528 g/mol. The number of Topliss-reactive ketones (excluding diaryl/α,β-unsaturated/α-hetero) is 1. The number of carbonyl (C=O) groups is 3. The molecule has 0 radical (unpaired) electrons. The summed E-state index contributed by atoms with van der Waals surface area (Å²) in [6.07, 6.45) is 0.588. The van der Waals surface area contributed by atoms with Gasteiger partial charge in [-0.05, 0) is 61.2 Å². The van der Waals surface area contributed by atoms with E-state index in [0.29, 0.717) is 35.2 Å². The van der Waals surface area contributed by atoms with Crippen molar-refractivity contribution in [3.05, 3.63) is 90.5 Å². The van der Waals surface area contributed by atoms with Crippen molar-refractivity contribution in [3.8, 4) is 5.75 Å². The zero-order valence-electron chi connectivity index (χ0n) is 22.6. The first kappa shape index (κ1) is 28.0. The van der Waals surface area contributed by atoms with Gasteiger partial charge in [0.25, 0.3) is 0 Å². The van der Waals surface area contributed by atoms with E-state index in [9.17, 15) is 19.5 Å². The smallest absolute Gasteiger partial charge is 0.235 e. The second-order valence-electron chi connectivity index (χ2n) is 10.8. The van der Waals surface area contributed by atoms with Crippen molar-refractivity contribution in [2.45, 2.75) is 45.1 Å². The molecule has 1 saturated carbocycles. The lowest BCUT2D eigenvalue weighted by molar-refractivity contribution is -0.150. The van der Waals surface area contributed by atoms with Crippen molar-refractivity contribution < 1.29 is 24.2 Å². The second-order valence-corrected chi connectivity index (χ2v) is 10.8. The fourth-order valence-corrected chi connectivity index (χ4v) is 5.17. The number of aliphatic hydroxyl groups is 1. The average molecular weight is 529 g/mol. The third-order valence-electron chi connectivity index (χ3n) is 7.14. The maximum absolute atomic E-state index is 13.7. The van der Waals surface area contributed by atoms with Crippen LogP contribution >= 0.6 is 0 Å². The minimum absolute atomic E-state index is 0.320. The van der Waals surface area contributed by atoms with E-state index in [0.717, 1.165) is 6.42 Å². The Kier molecular flexibility index (Phi) is 8.82. The van der Waals surface area contributed by atoms with Crippen molar-refractivity contribution in [1.29, 1.82) is 0 Å². The van der Waals surface area contributed by atoms with Crippen LogP contribution in [0.2, 0.25) is 0 Å². The molecular formula is C32H36N2O5. The van der Waals surface area contributed by atoms with Crippen molar-refractivity contribution in [1.82, 2.24) is 0 Å². The van der Waals surface area contributed by atoms with Crippen LogP contribution in [0.1, 0.15) is 45.1 Å². The Morgan fingerprint density at radius 2 is 1.44 bits per heavy atom. The first-order valence-corrected chi connectivity index (χ1v) is 13.4. The number of ketones is 1. The fraction of sp³-hybridized carbons (Fsp3) is 0.344. The standard InChI is InChI=1S/C32H36N2O5/c1-21(2)18-19-39-25-16-14-22(15-17-25)27-28(30(36)33-23-10-6-4-7-11-23)26(35)20-32(3,38)29(27)31(37)34-24-12-8-5-9-13-24/h4-17,21,27-29,38H,18-20H2,1-3H3,(H,33,36)(H,34,37). The average Bonchev–Trinajstić information content (AvgIpc) is 2.89. The summed E-state index contributed by atoms with van der Waals surface area (Å²) in [6.45, 7) is 6.30. The molecule has 0 spiro atoms. The van der Waals surface area contributed by atoms with Gasteiger partial charge < -0.3 is 20.5 Å². The molecule has 3 N–H and O–H groups in total. The van der Waals surface area contributed by atoms with Gasteiger partial charge in [0.15, 0.2) is 0 Å². The van der Waals surface area contributed by atoms with Gasteiger partial charge in [-0.3, -0.25) is 14.4 Å². The number of hydrogen-bond donors (Lipinski definition) is 3. The highest BCUT2D eigenvalue weighted by Gasteiger charge is 2.55. The van der Waals surface area contributed by atoms with Gasteiger partial charge in [-0.15, -0.1) is 0 Å². The van der Waals surface area contributed by atoms with Gasteiger partial charge >= 0.3 is 0 Å². The van der Waals surface area contributed by atoms with E-state index in [4.69, 9.17) is 4.74 Å². The Morgan fingerprint density at radius 3 is 1.97 bits per heavy atom. The van der Waals surface area contributed by atoms with E-state index < -0.39 is 41.0 Å². The topological polar surface area (TPSA) is 105 Å². The molecule has 1 aliphatic rings. The first-order chi connectivity index (χ1) is 18.7. The van der Waals surface area contributed by atoms with E-state index in [-0.39, 0.29) is 6.42 Å². The number of benzene rings is 3. The Morgan fingerprint density at radius 1 is 0.897 bits per heavy atom. The van der Waals surface area contributed by atoms with Gasteiger partial charge in [0, 0.05) is 23.7 Å². The molecule has 39 heavy (non-hydrogen) atoms. The molecular weight excluding hydrogens is 492 g/mol. The summed E-state index contributed by atoms with van der Waals surface area (Å²) in [5.74, 6) is -3.38. The van der Waals surface area contributed by atoms with E-state index in [2.05, 4.69) is 24.5 Å². The number of anilines is 2. The molecule has 0 aliphatic heterocycles. The summed E-state index contributed by atoms with van der Waals surface area (Å²) >= 11 is 0. The van der Waals surface area contributed by atoms with Gasteiger partial charge in [-0.25, -0.2) is 0 Å². The van der Waals surface area contributed by atoms with Gasteiger partial charge in [0.2, 0.25) is 11.8 Å². The molecule has 4 atom stereocenters. The van der Waals surface area contributed by atoms with Gasteiger partial charge in [0.1, 0.15) is 17.5 Å². The molecule has 0 aromatic heterocycles. The summed E-state index contributed by atoms with van der Waals surface area (Å²) in [4.78, 5) is 40.8. The van der Waals surface area contributed by atoms with Crippen LogP contribution in [-0.2, 0) is 14.4 Å². The van der Waals surface area contributed by atoms with E-state index in [1.54, 1.807) is 72.8 Å². The normalized spacial score (nSPS) is 22.8.